The van der Waals surface area contributed by atoms with Gasteiger partial charge in [0, 0.05) is 29.0 Å². The number of hydrogen-bond donors (Lipinski definition) is 5. The molecule has 2 nitrogen and oxygen atoms in total. The van der Waals surface area contributed by atoms with E-state index in [4.69, 9.17) is 10.2 Å². The Hall–Kier alpha value is 0.970. The van der Waals surface area contributed by atoms with E-state index >= 15 is 0 Å². The molecule has 0 saturated heterocycles. The van der Waals surface area contributed by atoms with Gasteiger partial charge in [-0.2, -0.15) is 37.9 Å². The molecule has 0 amide bonds. The SMILES string of the molecule is OCCC(S)CCC(S)CCC(S)CCO. The Morgan fingerprint density at radius 3 is 1.06 bits per heavy atom. The van der Waals surface area contributed by atoms with Crippen molar-refractivity contribution in [3.8, 4) is 0 Å². The van der Waals surface area contributed by atoms with Gasteiger partial charge in [-0.3, -0.25) is 0 Å². The summed E-state index contributed by atoms with van der Waals surface area (Å²) < 4.78 is 0. The maximum Gasteiger partial charge on any atom is 0.0441 e. The number of aliphatic hydroxyl groups excluding tert-OH is 2. The molecule has 2 unspecified atom stereocenters. The van der Waals surface area contributed by atoms with Gasteiger partial charge in [0.1, 0.15) is 0 Å². The predicted octanol–water partition coefficient (Wildman–Crippen LogP) is 2.21. The van der Waals surface area contributed by atoms with Crippen LogP contribution in [0.5, 0.6) is 0 Å². The van der Waals surface area contributed by atoms with Crippen molar-refractivity contribution < 1.29 is 10.2 Å². The largest absolute Gasteiger partial charge is 0.396 e. The molecule has 0 aliphatic rings. The van der Waals surface area contributed by atoms with E-state index in [1.807, 2.05) is 0 Å². The molecule has 0 heterocycles. The molecule has 0 bridgehead atoms. The summed E-state index contributed by atoms with van der Waals surface area (Å²) >= 11 is 13.3. The Bertz CT molecular complexity index is 142. The molecule has 98 valence electrons. The molecule has 0 aromatic rings. The molecular weight excluding hydrogens is 260 g/mol. The Morgan fingerprint density at radius 1 is 0.562 bits per heavy atom. The van der Waals surface area contributed by atoms with Crippen LogP contribution >= 0.6 is 37.9 Å². The summed E-state index contributed by atoms with van der Waals surface area (Å²) in [5, 5.41) is 18.4. The quantitative estimate of drug-likeness (QED) is 0.399. The van der Waals surface area contributed by atoms with E-state index in [2.05, 4.69) is 37.9 Å². The minimum atomic E-state index is 0.209. The molecule has 0 fully saturated rings. The van der Waals surface area contributed by atoms with Crippen molar-refractivity contribution in [1.82, 2.24) is 0 Å². The Morgan fingerprint density at radius 2 is 0.812 bits per heavy atom. The molecule has 0 spiro atoms. The Balaban J connectivity index is 3.46. The molecule has 5 heteroatoms. The first-order valence-corrected chi connectivity index (χ1v) is 7.41. The second-order valence-corrected chi connectivity index (χ2v) is 6.33. The summed E-state index contributed by atoms with van der Waals surface area (Å²) in [5.41, 5.74) is 0. The van der Waals surface area contributed by atoms with Crippen molar-refractivity contribution in [3.63, 3.8) is 0 Å². The summed E-state index contributed by atoms with van der Waals surface area (Å²) in [6.07, 6.45) is 5.55. The Labute approximate surface area is 115 Å². The number of rotatable bonds is 10. The van der Waals surface area contributed by atoms with Crippen LogP contribution in [-0.4, -0.2) is 39.2 Å². The molecule has 0 aromatic carbocycles. The van der Waals surface area contributed by atoms with Crippen LogP contribution in [0.2, 0.25) is 0 Å². The zero-order valence-corrected chi connectivity index (χ0v) is 12.3. The lowest BCUT2D eigenvalue weighted by molar-refractivity contribution is 0.284. The van der Waals surface area contributed by atoms with Crippen LogP contribution in [0.25, 0.3) is 0 Å². The standard InChI is InChI=1S/C11H24O2S3/c12-7-5-10(15)3-1-9(14)2-4-11(16)6-8-13/h9-16H,1-8H2. The maximum atomic E-state index is 8.74. The summed E-state index contributed by atoms with van der Waals surface area (Å²) in [6.45, 7) is 0.418. The highest BCUT2D eigenvalue weighted by atomic mass is 32.1. The first kappa shape index (κ1) is 17.0. The Kier molecular flexibility index (Phi) is 11.8. The molecule has 0 aromatic heterocycles. The molecule has 0 aliphatic heterocycles. The highest BCUT2D eigenvalue weighted by Crippen LogP contribution is 2.19. The van der Waals surface area contributed by atoms with Gasteiger partial charge in [0.15, 0.2) is 0 Å². The molecule has 0 saturated carbocycles. The minimum Gasteiger partial charge on any atom is -0.396 e. The predicted molar refractivity (Wildman–Crippen MR) is 80.2 cm³/mol. The van der Waals surface area contributed by atoms with E-state index in [1.54, 1.807) is 0 Å². The summed E-state index contributed by atoms with van der Waals surface area (Å²) in [4.78, 5) is 0. The van der Waals surface area contributed by atoms with Gasteiger partial charge in [-0.05, 0) is 38.5 Å². The first-order chi connectivity index (χ1) is 7.60. The van der Waals surface area contributed by atoms with Gasteiger partial charge in [-0.15, -0.1) is 0 Å². The van der Waals surface area contributed by atoms with Crippen LogP contribution in [0.4, 0.5) is 0 Å². The van der Waals surface area contributed by atoms with Crippen molar-refractivity contribution in [3.05, 3.63) is 0 Å². The van der Waals surface area contributed by atoms with Gasteiger partial charge in [-0.1, -0.05) is 0 Å². The fourth-order valence-corrected chi connectivity index (χ4v) is 2.33. The van der Waals surface area contributed by atoms with Crippen molar-refractivity contribution in [2.45, 2.75) is 54.3 Å². The van der Waals surface area contributed by atoms with Gasteiger partial charge in [0.05, 0.1) is 0 Å². The zero-order valence-electron chi connectivity index (χ0n) is 9.62. The van der Waals surface area contributed by atoms with Crippen LogP contribution in [0.1, 0.15) is 38.5 Å². The van der Waals surface area contributed by atoms with Crippen molar-refractivity contribution in [1.29, 1.82) is 0 Å². The molecule has 0 aliphatic carbocycles. The molecule has 2 atom stereocenters. The van der Waals surface area contributed by atoms with Crippen LogP contribution < -0.4 is 0 Å². The summed E-state index contributed by atoms with van der Waals surface area (Å²) in [7, 11) is 0. The molecule has 16 heavy (non-hydrogen) atoms. The monoisotopic (exact) mass is 284 g/mol. The average Bonchev–Trinajstić information content (AvgIpc) is 2.24. The third-order valence-electron chi connectivity index (χ3n) is 2.59. The van der Waals surface area contributed by atoms with Gasteiger partial charge >= 0.3 is 0 Å². The molecule has 0 rings (SSSR count). The van der Waals surface area contributed by atoms with Gasteiger partial charge < -0.3 is 10.2 Å². The lowest BCUT2D eigenvalue weighted by Gasteiger charge is -2.15. The van der Waals surface area contributed by atoms with Crippen molar-refractivity contribution >= 4 is 37.9 Å². The molecule has 2 N–H and O–H groups in total. The molecule has 0 radical (unpaired) electrons. The lowest BCUT2D eigenvalue weighted by atomic mass is 10.1. The summed E-state index contributed by atoms with van der Waals surface area (Å²) in [5.74, 6) is 0. The van der Waals surface area contributed by atoms with Crippen LogP contribution in [0, 0.1) is 0 Å². The third-order valence-corrected chi connectivity index (χ3v) is 4.14. The van der Waals surface area contributed by atoms with E-state index in [1.165, 1.54) is 0 Å². The van der Waals surface area contributed by atoms with Gasteiger partial charge in [0.2, 0.25) is 0 Å². The topological polar surface area (TPSA) is 40.5 Å². The number of aliphatic hydroxyl groups is 2. The summed E-state index contributed by atoms with van der Waals surface area (Å²) in [6, 6.07) is 0. The highest BCUT2D eigenvalue weighted by molar-refractivity contribution is 7.81. The van der Waals surface area contributed by atoms with Crippen molar-refractivity contribution in [2.24, 2.45) is 0 Å². The van der Waals surface area contributed by atoms with Gasteiger partial charge in [0.25, 0.3) is 0 Å². The molecular formula is C11H24O2S3. The van der Waals surface area contributed by atoms with Crippen molar-refractivity contribution in [2.75, 3.05) is 13.2 Å². The number of hydrogen-bond acceptors (Lipinski definition) is 5. The normalized spacial score (nSPS) is 17.1. The number of thiol groups is 3. The maximum absolute atomic E-state index is 8.74. The fraction of sp³-hybridized carbons (Fsp3) is 1.00. The van der Waals surface area contributed by atoms with E-state index in [9.17, 15) is 0 Å². The fourth-order valence-electron chi connectivity index (χ4n) is 1.50. The zero-order chi connectivity index (χ0) is 12.4. The second-order valence-electron chi connectivity index (χ2n) is 4.14. The van der Waals surface area contributed by atoms with E-state index in [0.29, 0.717) is 5.25 Å². The van der Waals surface area contributed by atoms with Crippen LogP contribution in [0.15, 0.2) is 0 Å². The second kappa shape index (κ2) is 11.1. The first-order valence-electron chi connectivity index (χ1n) is 5.86. The van der Waals surface area contributed by atoms with E-state index in [0.717, 1.165) is 38.5 Å². The van der Waals surface area contributed by atoms with Gasteiger partial charge in [-0.25, -0.2) is 0 Å². The average molecular weight is 285 g/mol. The van der Waals surface area contributed by atoms with E-state index < -0.39 is 0 Å². The van der Waals surface area contributed by atoms with Crippen LogP contribution in [0.3, 0.4) is 0 Å². The van der Waals surface area contributed by atoms with Crippen LogP contribution in [-0.2, 0) is 0 Å². The third kappa shape index (κ3) is 10.1. The van der Waals surface area contributed by atoms with E-state index in [-0.39, 0.29) is 23.7 Å². The smallest absolute Gasteiger partial charge is 0.0441 e. The lowest BCUT2D eigenvalue weighted by Crippen LogP contribution is -2.10. The highest BCUT2D eigenvalue weighted by Gasteiger charge is 2.10. The minimum absolute atomic E-state index is 0.209.